The summed E-state index contributed by atoms with van der Waals surface area (Å²) in [7, 11) is 1.57. The highest BCUT2D eigenvalue weighted by molar-refractivity contribution is 5.92. The number of ether oxygens (including phenoxy) is 1. The van der Waals surface area contributed by atoms with Gasteiger partial charge in [0, 0.05) is 38.4 Å². The Bertz CT molecular complexity index is 456. The molecule has 6 nitrogen and oxygen atoms in total. The molecule has 0 aromatic carbocycles. The van der Waals surface area contributed by atoms with E-state index in [9.17, 15) is 9.59 Å². The molecule has 1 aromatic heterocycles. The van der Waals surface area contributed by atoms with Crippen molar-refractivity contribution in [2.45, 2.75) is 13.5 Å². The van der Waals surface area contributed by atoms with Gasteiger partial charge < -0.3 is 20.4 Å². The maximum Gasteiger partial charge on any atom is 0.250 e. The highest BCUT2D eigenvalue weighted by Gasteiger charge is 2.11. The number of rotatable bonds is 6. The summed E-state index contributed by atoms with van der Waals surface area (Å²) in [5.41, 5.74) is 5.87. The average Bonchev–Trinajstić information content (AvgIpc) is 2.38. The summed E-state index contributed by atoms with van der Waals surface area (Å²) in [4.78, 5) is 23.2. The Morgan fingerprint density at radius 1 is 1.56 bits per heavy atom. The summed E-state index contributed by atoms with van der Waals surface area (Å²) in [6, 6.07) is 2.99. The topological polar surface area (TPSA) is 86.3 Å². The lowest BCUT2D eigenvalue weighted by molar-refractivity contribution is -0.119. The highest BCUT2D eigenvalue weighted by Crippen LogP contribution is 2.05. The molecule has 0 radical (unpaired) electrons. The van der Waals surface area contributed by atoms with Gasteiger partial charge in [-0.25, -0.2) is 0 Å². The molecule has 0 aliphatic rings. The number of nitrogens with two attached hydrogens (primary N) is 1. The molecule has 1 atom stereocenters. The fourth-order valence-corrected chi connectivity index (χ4v) is 1.34. The minimum absolute atomic E-state index is 0.128. The van der Waals surface area contributed by atoms with Crippen molar-refractivity contribution in [1.82, 2.24) is 4.57 Å². The van der Waals surface area contributed by atoms with E-state index >= 15 is 0 Å². The van der Waals surface area contributed by atoms with Gasteiger partial charge in [0.2, 0.25) is 5.91 Å². The lowest BCUT2D eigenvalue weighted by Crippen LogP contribution is -2.28. The van der Waals surface area contributed by atoms with Crippen molar-refractivity contribution in [2.75, 3.05) is 25.6 Å². The molecule has 0 saturated heterocycles. The molecule has 0 bridgehead atoms. The highest BCUT2D eigenvalue weighted by atomic mass is 16.5. The minimum atomic E-state index is -0.260. The van der Waals surface area contributed by atoms with Crippen LogP contribution in [0, 0.1) is 5.92 Å². The standard InChI is InChI=1S/C12H19N3O3/c1-9(7-13)12(17)14-10-3-4-11(16)15(8-10)5-6-18-2/h3-4,8-9H,5-7,13H2,1-2H3,(H,14,17). The smallest absolute Gasteiger partial charge is 0.250 e. The van der Waals surface area contributed by atoms with Crippen LogP contribution in [0.3, 0.4) is 0 Å². The van der Waals surface area contributed by atoms with Gasteiger partial charge >= 0.3 is 0 Å². The SMILES string of the molecule is COCCn1cc(NC(=O)C(C)CN)ccc1=O. The van der Waals surface area contributed by atoms with Crippen LogP contribution >= 0.6 is 0 Å². The molecule has 6 heteroatoms. The molecule has 100 valence electrons. The third kappa shape index (κ3) is 3.97. The number of nitrogens with zero attached hydrogens (tertiary/aromatic N) is 1. The Balaban J connectivity index is 2.78. The van der Waals surface area contributed by atoms with Gasteiger partial charge in [-0.1, -0.05) is 6.92 Å². The Morgan fingerprint density at radius 2 is 2.28 bits per heavy atom. The van der Waals surface area contributed by atoms with Crippen LogP contribution in [0.5, 0.6) is 0 Å². The molecule has 1 amide bonds. The molecular weight excluding hydrogens is 234 g/mol. The van der Waals surface area contributed by atoms with Crippen LogP contribution in [-0.2, 0) is 16.1 Å². The van der Waals surface area contributed by atoms with E-state index in [2.05, 4.69) is 5.32 Å². The Morgan fingerprint density at radius 3 is 2.89 bits per heavy atom. The summed E-state index contributed by atoms with van der Waals surface area (Å²) in [6.45, 7) is 2.92. The Hall–Kier alpha value is -1.66. The van der Waals surface area contributed by atoms with Crippen LogP contribution < -0.4 is 16.6 Å². The fourth-order valence-electron chi connectivity index (χ4n) is 1.34. The van der Waals surface area contributed by atoms with Crippen molar-refractivity contribution in [3.05, 3.63) is 28.7 Å². The van der Waals surface area contributed by atoms with E-state index in [-0.39, 0.29) is 23.9 Å². The van der Waals surface area contributed by atoms with E-state index in [1.807, 2.05) is 0 Å². The van der Waals surface area contributed by atoms with Gasteiger partial charge in [0.1, 0.15) is 0 Å². The Kier molecular flexibility index (Phi) is 5.54. The van der Waals surface area contributed by atoms with Crippen LogP contribution in [-0.4, -0.2) is 30.7 Å². The molecule has 1 heterocycles. The monoisotopic (exact) mass is 253 g/mol. The number of amides is 1. The number of anilines is 1. The number of hydrogen-bond acceptors (Lipinski definition) is 4. The summed E-state index contributed by atoms with van der Waals surface area (Å²) >= 11 is 0. The second-order valence-corrected chi connectivity index (χ2v) is 4.07. The normalized spacial score (nSPS) is 12.2. The third-order valence-corrected chi connectivity index (χ3v) is 2.59. The van der Waals surface area contributed by atoms with Gasteiger partial charge in [-0.3, -0.25) is 9.59 Å². The first-order valence-electron chi connectivity index (χ1n) is 5.79. The summed E-state index contributed by atoms with van der Waals surface area (Å²) < 4.78 is 6.41. The van der Waals surface area contributed by atoms with Crippen LogP contribution in [0.25, 0.3) is 0 Å². The number of pyridine rings is 1. The number of carbonyl (C=O) groups excluding carboxylic acids is 1. The van der Waals surface area contributed by atoms with E-state index < -0.39 is 0 Å². The third-order valence-electron chi connectivity index (χ3n) is 2.59. The van der Waals surface area contributed by atoms with Crippen LogP contribution in [0.15, 0.2) is 23.1 Å². The van der Waals surface area contributed by atoms with Crippen molar-refractivity contribution < 1.29 is 9.53 Å². The predicted molar refractivity (Wildman–Crippen MR) is 69.4 cm³/mol. The number of carbonyl (C=O) groups is 1. The molecule has 0 saturated carbocycles. The second-order valence-electron chi connectivity index (χ2n) is 4.07. The van der Waals surface area contributed by atoms with E-state index in [0.29, 0.717) is 18.8 Å². The second kappa shape index (κ2) is 6.93. The van der Waals surface area contributed by atoms with Gasteiger partial charge in [0.25, 0.3) is 5.56 Å². The number of methoxy groups -OCH3 is 1. The number of hydrogen-bond donors (Lipinski definition) is 2. The van der Waals surface area contributed by atoms with E-state index in [1.165, 1.54) is 10.6 Å². The number of aromatic nitrogens is 1. The van der Waals surface area contributed by atoms with Gasteiger partial charge in [0.15, 0.2) is 0 Å². The van der Waals surface area contributed by atoms with Crippen molar-refractivity contribution in [1.29, 1.82) is 0 Å². The zero-order chi connectivity index (χ0) is 13.5. The van der Waals surface area contributed by atoms with Crippen molar-refractivity contribution in [3.8, 4) is 0 Å². The maximum atomic E-state index is 11.7. The lowest BCUT2D eigenvalue weighted by atomic mass is 10.1. The molecule has 0 spiro atoms. The summed E-state index contributed by atoms with van der Waals surface area (Å²) in [5, 5.41) is 2.72. The van der Waals surface area contributed by atoms with Crippen LogP contribution in [0.1, 0.15) is 6.92 Å². The van der Waals surface area contributed by atoms with E-state index in [4.69, 9.17) is 10.5 Å². The van der Waals surface area contributed by atoms with Gasteiger partial charge in [0.05, 0.1) is 12.3 Å². The predicted octanol–water partition coefficient (Wildman–Crippen LogP) is 0.0280. The number of nitrogens with one attached hydrogen (secondary N) is 1. The molecule has 3 N–H and O–H groups in total. The first-order chi connectivity index (χ1) is 8.58. The minimum Gasteiger partial charge on any atom is -0.383 e. The van der Waals surface area contributed by atoms with Gasteiger partial charge in [-0.05, 0) is 6.07 Å². The van der Waals surface area contributed by atoms with Crippen LogP contribution in [0.2, 0.25) is 0 Å². The summed E-state index contributed by atoms with van der Waals surface area (Å²) in [6.07, 6.45) is 1.60. The first kappa shape index (κ1) is 14.4. The Labute approximate surface area is 106 Å². The van der Waals surface area contributed by atoms with Gasteiger partial charge in [-0.2, -0.15) is 0 Å². The lowest BCUT2D eigenvalue weighted by Gasteiger charge is -2.11. The molecule has 0 aliphatic heterocycles. The molecule has 18 heavy (non-hydrogen) atoms. The van der Waals surface area contributed by atoms with Gasteiger partial charge in [-0.15, -0.1) is 0 Å². The quantitative estimate of drug-likeness (QED) is 0.748. The van der Waals surface area contributed by atoms with Crippen molar-refractivity contribution >= 4 is 11.6 Å². The maximum absolute atomic E-state index is 11.7. The van der Waals surface area contributed by atoms with Crippen molar-refractivity contribution in [3.63, 3.8) is 0 Å². The molecule has 1 unspecified atom stereocenters. The molecule has 1 rings (SSSR count). The zero-order valence-corrected chi connectivity index (χ0v) is 10.7. The van der Waals surface area contributed by atoms with E-state index in [1.54, 1.807) is 26.3 Å². The van der Waals surface area contributed by atoms with Crippen molar-refractivity contribution in [2.24, 2.45) is 11.7 Å². The van der Waals surface area contributed by atoms with Crippen LogP contribution in [0.4, 0.5) is 5.69 Å². The average molecular weight is 253 g/mol. The first-order valence-corrected chi connectivity index (χ1v) is 5.79. The largest absolute Gasteiger partial charge is 0.383 e. The zero-order valence-electron chi connectivity index (χ0n) is 10.7. The molecule has 0 aliphatic carbocycles. The molecular formula is C12H19N3O3. The van der Waals surface area contributed by atoms with E-state index in [0.717, 1.165) is 0 Å². The summed E-state index contributed by atoms with van der Waals surface area (Å²) in [5.74, 6) is -0.418. The fraction of sp³-hybridized carbons (Fsp3) is 0.500. The molecule has 1 aromatic rings. The molecule has 0 fully saturated rings.